The van der Waals surface area contributed by atoms with E-state index in [0.717, 1.165) is 23.4 Å². The monoisotopic (exact) mass is 184 g/mol. The average Bonchev–Trinajstić information content (AvgIpc) is 2.31. The zero-order valence-electron chi connectivity index (χ0n) is 7.03. The van der Waals surface area contributed by atoms with Crippen molar-refractivity contribution < 1.29 is 5.11 Å². The number of nitrogens with zero attached hydrogens (tertiary/aromatic N) is 2. The van der Waals surface area contributed by atoms with Crippen molar-refractivity contribution in [3.05, 3.63) is 10.6 Å². The van der Waals surface area contributed by atoms with Crippen LogP contribution in [0.15, 0.2) is 0 Å². The van der Waals surface area contributed by atoms with E-state index in [-0.39, 0.29) is 6.10 Å². The molecular weight excluding hydrogens is 172 g/mol. The molecule has 0 saturated heterocycles. The van der Waals surface area contributed by atoms with Crippen LogP contribution in [0.4, 0.5) is 0 Å². The van der Waals surface area contributed by atoms with E-state index in [1.54, 1.807) is 0 Å². The summed E-state index contributed by atoms with van der Waals surface area (Å²) in [6, 6.07) is 0. The van der Waals surface area contributed by atoms with E-state index in [2.05, 4.69) is 9.59 Å². The minimum absolute atomic E-state index is 0.307. The first-order valence-electron chi connectivity index (χ1n) is 4.26. The van der Waals surface area contributed by atoms with Crippen LogP contribution in [0.3, 0.4) is 0 Å². The van der Waals surface area contributed by atoms with Gasteiger partial charge in [0.15, 0.2) is 0 Å². The van der Waals surface area contributed by atoms with Crippen molar-refractivity contribution in [2.45, 2.75) is 32.3 Å². The lowest BCUT2D eigenvalue weighted by Crippen LogP contribution is -2.19. The molecule has 1 aliphatic rings. The summed E-state index contributed by atoms with van der Waals surface area (Å²) < 4.78 is 3.82. The minimum atomic E-state index is -0.307. The maximum atomic E-state index is 9.84. The van der Waals surface area contributed by atoms with E-state index in [0.29, 0.717) is 5.92 Å². The van der Waals surface area contributed by atoms with Gasteiger partial charge in [-0.3, -0.25) is 0 Å². The topological polar surface area (TPSA) is 46.0 Å². The van der Waals surface area contributed by atoms with Crippen LogP contribution >= 0.6 is 11.5 Å². The molecular formula is C8H12N2OS. The van der Waals surface area contributed by atoms with Crippen LogP contribution in [0, 0.1) is 12.8 Å². The van der Waals surface area contributed by atoms with Gasteiger partial charge in [0.2, 0.25) is 0 Å². The summed E-state index contributed by atoms with van der Waals surface area (Å²) in [5, 5.41) is 13.7. The summed E-state index contributed by atoms with van der Waals surface area (Å²) in [6.07, 6.45) is 3.25. The average molecular weight is 184 g/mol. The fourth-order valence-corrected chi connectivity index (χ4v) is 2.20. The highest BCUT2D eigenvalue weighted by atomic mass is 32.1. The van der Waals surface area contributed by atoms with Gasteiger partial charge in [0, 0.05) is 0 Å². The number of rotatable bonds is 2. The van der Waals surface area contributed by atoms with Crippen molar-refractivity contribution in [1.82, 2.24) is 9.59 Å². The molecule has 1 saturated carbocycles. The number of aliphatic hydroxyl groups excluding tert-OH is 1. The van der Waals surface area contributed by atoms with Crippen molar-refractivity contribution in [2.24, 2.45) is 5.92 Å². The summed E-state index contributed by atoms with van der Waals surface area (Å²) in [7, 11) is 0. The molecule has 1 aliphatic carbocycles. The highest BCUT2D eigenvalue weighted by Crippen LogP contribution is 2.39. The van der Waals surface area contributed by atoms with Crippen LogP contribution < -0.4 is 0 Å². The molecule has 0 amide bonds. The number of aromatic nitrogens is 2. The smallest absolute Gasteiger partial charge is 0.0945 e. The Morgan fingerprint density at radius 2 is 2.33 bits per heavy atom. The molecule has 0 radical (unpaired) electrons. The van der Waals surface area contributed by atoms with Crippen LogP contribution in [0.1, 0.15) is 35.9 Å². The van der Waals surface area contributed by atoms with Gasteiger partial charge in [0.1, 0.15) is 0 Å². The Morgan fingerprint density at radius 1 is 1.58 bits per heavy atom. The molecule has 1 aromatic heterocycles. The molecule has 12 heavy (non-hydrogen) atoms. The maximum Gasteiger partial charge on any atom is 0.0945 e. The molecule has 3 nitrogen and oxygen atoms in total. The van der Waals surface area contributed by atoms with E-state index >= 15 is 0 Å². The van der Waals surface area contributed by atoms with E-state index in [1.807, 2.05) is 6.92 Å². The molecule has 1 heterocycles. The highest BCUT2D eigenvalue weighted by Gasteiger charge is 2.29. The van der Waals surface area contributed by atoms with E-state index in [9.17, 15) is 5.11 Å². The number of hydrogen-bond donors (Lipinski definition) is 1. The Labute approximate surface area is 75.6 Å². The quantitative estimate of drug-likeness (QED) is 0.760. The summed E-state index contributed by atoms with van der Waals surface area (Å²) >= 11 is 1.32. The lowest BCUT2D eigenvalue weighted by atomic mass is 9.80. The standard InChI is InChI=1S/C8H12N2OS/c1-5-8(12-10-9-5)7(11)6-3-2-4-6/h6-7,11H,2-4H2,1H3. The predicted molar refractivity (Wildman–Crippen MR) is 46.9 cm³/mol. The van der Waals surface area contributed by atoms with Crippen molar-refractivity contribution in [3.63, 3.8) is 0 Å². The zero-order valence-corrected chi connectivity index (χ0v) is 7.84. The zero-order chi connectivity index (χ0) is 8.55. The Kier molecular flexibility index (Phi) is 2.11. The molecule has 0 aromatic carbocycles. The van der Waals surface area contributed by atoms with Gasteiger partial charge in [-0.15, -0.1) is 5.10 Å². The molecule has 2 rings (SSSR count). The molecule has 66 valence electrons. The van der Waals surface area contributed by atoms with Crippen LogP contribution in [0.5, 0.6) is 0 Å². The van der Waals surface area contributed by atoms with Crippen LogP contribution in [-0.4, -0.2) is 14.7 Å². The SMILES string of the molecule is Cc1nnsc1C(O)C1CCC1. The van der Waals surface area contributed by atoms with E-state index in [4.69, 9.17) is 0 Å². The minimum Gasteiger partial charge on any atom is -0.387 e. The van der Waals surface area contributed by atoms with Crippen molar-refractivity contribution in [1.29, 1.82) is 0 Å². The molecule has 0 aliphatic heterocycles. The molecule has 1 N–H and O–H groups in total. The summed E-state index contributed by atoms with van der Waals surface area (Å²) in [6.45, 7) is 1.90. The number of hydrogen-bond acceptors (Lipinski definition) is 4. The first kappa shape index (κ1) is 8.13. The maximum absolute atomic E-state index is 9.84. The van der Waals surface area contributed by atoms with Gasteiger partial charge in [0.05, 0.1) is 16.7 Å². The van der Waals surface area contributed by atoms with Crippen molar-refractivity contribution in [2.75, 3.05) is 0 Å². The molecule has 1 aromatic rings. The Balaban J connectivity index is 2.13. The molecule has 1 atom stereocenters. The van der Waals surface area contributed by atoms with Gasteiger partial charge < -0.3 is 5.11 Å². The molecule has 1 unspecified atom stereocenters. The Bertz CT molecular complexity index is 270. The number of aryl methyl sites for hydroxylation is 1. The van der Waals surface area contributed by atoms with Gasteiger partial charge in [-0.1, -0.05) is 10.9 Å². The third-order valence-electron chi connectivity index (χ3n) is 2.55. The van der Waals surface area contributed by atoms with Crippen LogP contribution in [0.25, 0.3) is 0 Å². The van der Waals surface area contributed by atoms with Gasteiger partial charge in [-0.25, -0.2) is 0 Å². The van der Waals surface area contributed by atoms with Crippen molar-refractivity contribution >= 4 is 11.5 Å². The molecule has 1 fully saturated rings. The van der Waals surface area contributed by atoms with Gasteiger partial charge in [0.25, 0.3) is 0 Å². The van der Waals surface area contributed by atoms with E-state index < -0.39 is 0 Å². The normalized spacial score (nSPS) is 20.5. The lowest BCUT2D eigenvalue weighted by Gasteiger charge is -2.29. The Morgan fingerprint density at radius 3 is 2.75 bits per heavy atom. The Hall–Kier alpha value is -0.480. The summed E-state index contributed by atoms with van der Waals surface area (Å²) in [4.78, 5) is 0.958. The largest absolute Gasteiger partial charge is 0.387 e. The predicted octanol–water partition coefficient (Wildman–Crippen LogP) is 1.68. The lowest BCUT2D eigenvalue weighted by molar-refractivity contribution is 0.0643. The van der Waals surface area contributed by atoms with Crippen LogP contribution in [0.2, 0.25) is 0 Å². The first-order chi connectivity index (χ1) is 5.79. The third-order valence-corrected chi connectivity index (χ3v) is 3.45. The van der Waals surface area contributed by atoms with Gasteiger partial charge in [-0.2, -0.15) is 0 Å². The first-order valence-corrected chi connectivity index (χ1v) is 5.03. The van der Waals surface area contributed by atoms with Gasteiger partial charge >= 0.3 is 0 Å². The molecule has 0 bridgehead atoms. The molecule has 4 heteroatoms. The second-order valence-electron chi connectivity index (χ2n) is 3.36. The van der Waals surface area contributed by atoms with Crippen LogP contribution in [-0.2, 0) is 0 Å². The second kappa shape index (κ2) is 3.11. The second-order valence-corrected chi connectivity index (χ2v) is 4.14. The van der Waals surface area contributed by atoms with E-state index in [1.165, 1.54) is 18.0 Å². The van der Waals surface area contributed by atoms with Gasteiger partial charge in [-0.05, 0) is 37.2 Å². The van der Waals surface area contributed by atoms with Crippen molar-refractivity contribution in [3.8, 4) is 0 Å². The number of aliphatic hydroxyl groups is 1. The highest BCUT2D eigenvalue weighted by molar-refractivity contribution is 7.05. The fourth-order valence-electron chi connectivity index (χ4n) is 1.48. The molecule has 0 spiro atoms. The third kappa shape index (κ3) is 1.25. The fraction of sp³-hybridized carbons (Fsp3) is 0.750. The summed E-state index contributed by atoms with van der Waals surface area (Å²) in [5.41, 5.74) is 0.888. The summed E-state index contributed by atoms with van der Waals surface area (Å²) in [5.74, 6) is 0.464.